The Hall–Kier alpha value is -3.78. The Bertz CT molecular complexity index is 1240. The summed E-state index contributed by atoms with van der Waals surface area (Å²) in [5, 5.41) is 12.2. The van der Waals surface area contributed by atoms with Crippen LogP contribution in [0.1, 0.15) is 21.7 Å². The van der Waals surface area contributed by atoms with Gasteiger partial charge in [0.1, 0.15) is 17.3 Å². The molecule has 1 N–H and O–H groups in total. The molecule has 7 nitrogen and oxygen atoms in total. The summed E-state index contributed by atoms with van der Waals surface area (Å²) in [5.74, 6) is 2.81. The summed E-state index contributed by atoms with van der Waals surface area (Å²) in [7, 11) is 3.26. The maximum Gasteiger partial charge on any atom is 0.255 e. The molecule has 168 valence electrons. The van der Waals surface area contributed by atoms with Crippen molar-refractivity contribution in [3.05, 3.63) is 89.7 Å². The third kappa shape index (κ3) is 5.18. The lowest BCUT2D eigenvalue weighted by Crippen LogP contribution is -2.11. The number of ether oxygens (including phenoxy) is 2. The van der Waals surface area contributed by atoms with Gasteiger partial charge in [-0.05, 0) is 61.0 Å². The monoisotopic (exact) mass is 460 g/mol. The molecule has 1 heterocycles. The second-order valence-electron chi connectivity index (χ2n) is 7.21. The van der Waals surface area contributed by atoms with Crippen molar-refractivity contribution >= 4 is 23.4 Å². The number of amides is 1. The van der Waals surface area contributed by atoms with Crippen LogP contribution in [0.2, 0.25) is 0 Å². The summed E-state index contributed by atoms with van der Waals surface area (Å²) < 4.78 is 12.6. The summed E-state index contributed by atoms with van der Waals surface area (Å²) in [6.45, 7) is 1.92. The molecule has 1 amide bonds. The molecule has 4 rings (SSSR count). The Morgan fingerprint density at radius 2 is 1.67 bits per heavy atom. The van der Waals surface area contributed by atoms with Gasteiger partial charge < -0.3 is 14.8 Å². The number of anilines is 1. The fraction of sp³-hybridized carbons (Fsp3) is 0.160. The summed E-state index contributed by atoms with van der Waals surface area (Å²) in [4.78, 5) is 12.5. The van der Waals surface area contributed by atoms with Crippen LogP contribution in [-0.2, 0) is 5.75 Å². The van der Waals surface area contributed by atoms with Gasteiger partial charge in [-0.2, -0.15) is 0 Å². The van der Waals surface area contributed by atoms with Crippen molar-refractivity contribution in [2.75, 3.05) is 19.5 Å². The smallest absolute Gasteiger partial charge is 0.255 e. The summed E-state index contributed by atoms with van der Waals surface area (Å²) in [6.07, 6.45) is 0. The normalized spacial score (nSPS) is 10.6. The van der Waals surface area contributed by atoms with Crippen LogP contribution in [0, 0.1) is 6.92 Å². The SMILES string of the molecule is COc1ccc(NC(=O)c2ccc(CSc3nnc(C)n3-c3ccccc3OC)cc2)cc1. The Morgan fingerprint density at radius 3 is 2.36 bits per heavy atom. The first-order valence-corrected chi connectivity index (χ1v) is 11.3. The van der Waals surface area contributed by atoms with Crippen LogP contribution in [0.4, 0.5) is 5.69 Å². The van der Waals surface area contributed by atoms with Gasteiger partial charge in [-0.3, -0.25) is 9.36 Å². The molecule has 0 unspecified atom stereocenters. The van der Waals surface area contributed by atoms with Crippen LogP contribution >= 0.6 is 11.8 Å². The predicted molar refractivity (Wildman–Crippen MR) is 130 cm³/mol. The lowest BCUT2D eigenvalue weighted by molar-refractivity contribution is 0.102. The molecule has 0 aliphatic rings. The molecule has 8 heteroatoms. The van der Waals surface area contributed by atoms with E-state index in [2.05, 4.69) is 15.5 Å². The molecule has 0 bridgehead atoms. The standard InChI is InChI=1S/C25H24N4O3S/c1-17-27-28-25(29(17)22-6-4-5-7-23(22)32-3)33-16-18-8-10-19(11-9-18)24(30)26-20-12-14-21(31-2)15-13-20/h4-15H,16H2,1-3H3,(H,26,30). The van der Waals surface area contributed by atoms with Crippen molar-refractivity contribution in [2.45, 2.75) is 17.8 Å². The number of para-hydroxylation sites is 2. The molecule has 3 aromatic carbocycles. The topological polar surface area (TPSA) is 78.3 Å². The van der Waals surface area contributed by atoms with E-state index in [0.29, 0.717) is 17.0 Å². The zero-order valence-electron chi connectivity index (χ0n) is 18.6. The minimum absolute atomic E-state index is 0.161. The number of nitrogens with one attached hydrogen (secondary N) is 1. The molecule has 0 aliphatic carbocycles. The van der Waals surface area contributed by atoms with Gasteiger partial charge in [0, 0.05) is 17.0 Å². The highest BCUT2D eigenvalue weighted by Gasteiger charge is 2.15. The van der Waals surface area contributed by atoms with Crippen LogP contribution in [0.5, 0.6) is 11.5 Å². The second kappa shape index (κ2) is 10.2. The van der Waals surface area contributed by atoms with E-state index < -0.39 is 0 Å². The second-order valence-corrected chi connectivity index (χ2v) is 8.15. The van der Waals surface area contributed by atoms with Gasteiger partial charge in [0.15, 0.2) is 5.16 Å². The maximum absolute atomic E-state index is 12.5. The highest BCUT2D eigenvalue weighted by molar-refractivity contribution is 7.98. The Labute approximate surface area is 196 Å². The quantitative estimate of drug-likeness (QED) is 0.367. The van der Waals surface area contributed by atoms with Gasteiger partial charge in [-0.15, -0.1) is 10.2 Å². The number of rotatable bonds is 8. The highest BCUT2D eigenvalue weighted by Crippen LogP contribution is 2.30. The van der Waals surface area contributed by atoms with Crippen LogP contribution < -0.4 is 14.8 Å². The van der Waals surface area contributed by atoms with Crippen LogP contribution in [0.3, 0.4) is 0 Å². The first-order valence-electron chi connectivity index (χ1n) is 10.3. The summed E-state index contributed by atoms with van der Waals surface area (Å²) in [5.41, 5.74) is 3.28. The number of nitrogens with zero attached hydrogens (tertiary/aromatic N) is 3. The molecule has 4 aromatic rings. The van der Waals surface area contributed by atoms with E-state index in [-0.39, 0.29) is 5.91 Å². The molecular weight excluding hydrogens is 436 g/mol. The minimum Gasteiger partial charge on any atom is -0.497 e. The van der Waals surface area contributed by atoms with Crippen molar-refractivity contribution < 1.29 is 14.3 Å². The molecule has 33 heavy (non-hydrogen) atoms. The number of aryl methyl sites for hydroxylation is 1. The van der Waals surface area contributed by atoms with E-state index in [0.717, 1.165) is 33.7 Å². The largest absolute Gasteiger partial charge is 0.497 e. The number of hydrogen-bond acceptors (Lipinski definition) is 6. The lowest BCUT2D eigenvalue weighted by atomic mass is 10.1. The van der Waals surface area contributed by atoms with Gasteiger partial charge in [-0.1, -0.05) is 36.0 Å². The van der Waals surface area contributed by atoms with Gasteiger partial charge in [0.2, 0.25) is 0 Å². The highest BCUT2D eigenvalue weighted by atomic mass is 32.2. The van der Waals surface area contributed by atoms with Crippen molar-refractivity contribution in [2.24, 2.45) is 0 Å². The average molecular weight is 461 g/mol. The molecule has 0 atom stereocenters. The Morgan fingerprint density at radius 1 is 0.939 bits per heavy atom. The molecule has 0 radical (unpaired) electrons. The molecule has 1 aromatic heterocycles. The first-order chi connectivity index (χ1) is 16.1. The third-order valence-corrected chi connectivity index (χ3v) is 6.05. The van der Waals surface area contributed by atoms with E-state index >= 15 is 0 Å². The number of benzene rings is 3. The van der Waals surface area contributed by atoms with Crippen molar-refractivity contribution in [3.8, 4) is 17.2 Å². The number of carbonyl (C=O) groups is 1. The van der Waals surface area contributed by atoms with Crippen molar-refractivity contribution in [1.29, 1.82) is 0 Å². The van der Waals surface area contributed by atoms with Crippen LogP contribution in [0.25, 0.3) is 5.69 Å². The zero-order valence-corrected chi connectivity index (χ0v) is 19.4. The Kier molecular flexibility index (Phi) is 6.95. The van der Waals surface area contributed by atoms with E-state index in [9.17, 15) is 4.79 Å². The van der Waals surface area contributed by atoms with Crippen LogP contribution in [0.15, 0.2) is 78.0 Å². The predicted octanol–water partition coefficient (Wildman–Crippen LogP) is 5.14. The van der Waals surface area contributed by atoms with E-state index in [4.69, 9.17) is 9.47 Å². The molecule has 0 saturated heterocycles. The lowest BCUT2D eigenvalue weighted by Gasteiger charge is -2.12. The van der Waals surface area contributed by atoms with Gasteiger partial charge in [0.05, 0.1) is 19.9 Å². The van der Waals surface area contributed by atoms with E-state index in [1.165, 1.54) is 0 Å². The maximum atomic E-state index is 12.5. The van der Waals surface area contributed by atoms with Crippen LogP contribution in [-0.4, -0.2) is 34.9 Å². The van der Waals surface area contributed by atoms with Gasteiger partial charge in [-0.25, -0.2) is 0 Å². The molecule has 0 fully saturated rings. The third-order valence-electron chi connectivity index (χ3n) is 5.05. The molecular formula is C25H24N4O3S. The fourth-order valence-corrected chi connectivity index (χ4v) is 4.25. The number of hydrogen-bond donors (Lipinski definition) is 1. The first kappa shape index (κ1) is 22.4. The van der Waals surface area contributed by atoms with Gasteiger partial charge in [0.25, 0.3) is 5.91 Å². The molecule has 0 spiro atoms. The summed E-state index contributed by atoms with van der Waals surface area (Å²) >= 11 is 1.58. The average Bonchev–Trinajstić information content (AvgIpc) is 3.23. The fourth-order valence-electron chi connectivity index (χ4n) is 3.31. The number of methoxy groups -OCH3 is 2. The molecule has 0 saturated carbocycles. The van der Waals surface area contributed by atoms with E-state index in [1.54, 1.807) is 38.1 Å². The van der Waals surface area contributed by atoms with Crippen molar-refractivity contribution in [1.82, 2.24) is 14.8 Å². The zero-order chi connectivity index (χ0) is 23.2. The van der Waals surface area contributed by atoms with E-state index in [1.807, 2.05) is 72.2 Å². The number of thioether (sulfide) groups is 1. The number of aromatic nitrogens is 3. The minimum atomic E-state index is -0.161. The summed E-state index contributed by atoms with van der Waals surface area (Å²) in [6, 6.07) is 22.6. The van der Waals surface area contributed by atoms with Crippen molar-refractivity contribution in [3.63, 3.8) is 0 Å². The molecule has 0 aliphatic heterocycles. The Balaban J connectivity index is 1.42. The van der Waals surface area contributed by atoms with Gasteiger partial charge >= 0.3 is 0 Å². The number of carbonyl (C=O) groups excluding carboxylic acids is 1.